The minimum Gasteiger partial charge on any atom is -0.390 e. The van der Waals surface area contributed by atoms with E-state index in [0.29, 0.717) is 0 Å². The van der Waals surface area contributed by atoms with Gasteiger partial charge in [-0.2, -0.15) is 0 Å². The lowest BCUT2D eigenvalue weighted by atomic mass is 9.91. The molecule has 1 aliphatic heterocycles. The van der Waals surface area contributed by atoms with Gasteiger partial charge in [-0.05, 0) is 93.8 Å². The molecule has 11 amide bonds. The Morgan fingerprint density at radius 1 is 0.482 bits per heavy atom. The van der Waals surface area contributed by atoms with E-state index in [0.717, 1.165) is 9.80 Å². The SMILES string of the molecule is C=C/C=C/C[C@@H](C)[C@@H](O)[C@H]1C(=O)N[C@@H](CC)C(=O)N(C)CC(=O)N[C@@H](CC(C)C)C(=O)N[C@@H](C(C)C)C(=O)N(C)[C@@H](CC(C)C)C(=O)N[C@@H](C)C(=O)N[C@@H](C)C(=O)N(C)[C@@H](CC(C)C)C(=O)N(C)[C@@H](CC(C)C)C(=O)N(C)[C@@H](C(C)C)C(=O)N1C. The number of likely N-dealkylation sites (N-methyl/N-ethyl adjacent to an activating group) is 6. The predicted octanol–water partition coefficient (Wildman–Crippen LogP) is 3.09. The first-order valence-corrected chi connectivity index (χ1v) is 30.3. The molecule has 1 aliphatic rings. The molecule has 0 aromatic rings. The van der Waals surface area contributed by atoms with Gasteiger partial charge in [0.15, 0.2) is 0 Å². The summed E-state index contributed by atoms with van der Waals surface area (Å²) in [6.45, 7) is 31.0. The Morgan fingerprint density at radius 2 is 0.941 bits per heavy atom. The van der Waals surface area contributed by atoms with Crippen molar-refractivity contribution >= 4 is 65.0 Å². The van der Waals surface area contributed by atoms with Crippen molar-refractivity contribution in [2.75, 3.05) is 48.8 Å². The van der Waals surface area contributed by atoms with Crippen LogP contribution in [0.3, 0.4) is 0 Å². The van der Waals surface area contributed by atoms with E-state index in [1.807, 2.05) is 55.4 Å². The van der Waals surface area contributed by atoms with Gasteiger partial charge in [0, 0.05) is 42.3 Å². The molecule has 23 nitrogen and oxygen atoms in total. The first-order valence-electron chi connectivity index (χ1n) is 30.3. The summed E-state index contributed by atoms with van der Waals surface area (Å²) >= 11 is 0. The van der Waals surface area contributed by atoms with Crippen molar-refractivity contribution in [3.05, 3.63) is 24.8 Å². The molecule has 85 heavy (non-hydrogen) atoms. The van der Waals surface area contributed by atoms with Crippen LogP contribution in [0.1, 0.15) is 149 Å². The normalized spacial score (nSPS) is 26.7. The third-order valence-electron chi connectivity index (χ3n) is 15.6. The average molecular weight is 1200 g/mol. The highest BCUT2D eigenvalue weighted by atomic mass is 16.3. The first-order chi connectivity index (χ1) is 39.3. The van der Waals surface area contributed by atoms with Crippen LogP contribution in [0.4, 0.5) is 0 Å². The highest BCUT2D eigenvalue weighted by Gasteiger charge is 2.45. The van der Waals surface area contributed by atoms with E-state index in [4.69, 9.17) is 0 Å². The predicted molar refractivity (Wildman–Crippen MR) is 328 cm³/mol. The fourth-order valence-corrected chi connectivity index (χ4v) is 10.5. The second-order valence-corrected chi connectivity index (χ2v) is 25.8. The summed E-state index contributed by atoms with van der Waals surface area (Å²) in [5, 5.41) is 25.7. The molecule has 484 valence electrons. The van der Waals surface area contributed by atoms with Gasteiger partial charge < -0.3 is 61.1 Å². The lowest BCUT2D eigenvalue weighted by molar-refractivity contribution is -0.157. The first kappa shape index (κ1) is 76.6. The summed E-state index contributed by atoms with van der Waals surface area (Å²) in [5.41, 5.74) is 0. The number of rotatable bonds is 16. The quantitative estimate of drug-likeness (QED) is 0.122. The zero-order valence-electron chi connectivity index (χ0n) is 55.4. The van der Waals surface area contributed by atoms with E-state index in [1.54, 1.807) is 59.8 Å². The smallest absolute Gasteiger partial charge is 0.246 e. The van der Waals surface area contributed by atoms with Crippen molar-refractivity contribution in [2.24, 2.45) is 41.4 Å². The molecule has 0 aromatic carbocycles. The Kier molecular flexibility index (Phi) is 31.8. The number of amides is 11. The van der Waals surface area contributed by atoms with Gasteiger partial charge in [-0.15, -0.1) is 0 Å². The van der Waals surface area contributed by atoms with Gasteiger partial charge in [0.25, 0.3) is 0 Å². The Morgan fingerprint density at radius 3 is 1.41 bits per heavy atom. The van der Waals surface area contributed by atoms with Crippen molar-refractivity contribution in [1.29, 1.82) is 0 Å². The lowest BCUT2D eigenvalue weighted by Gasteiger charge is -2.41. The maximum absolute atomic E-state index is 15.1. The van der Waals surface area contributed by atoms with Crippen molar-refractivity contribution in [1.82, 2.24) is 56.0 Å². The van der Waals surface area contributed by atoms with Crippen LogP contribution < -0.4 is 26.6 Å². The topological polar surface area (TPSA) is 288 Å². The summed E-state index contributed by atoms with van der Waals surface area (Å²) in [5.74, 6) is -10.0. The fraction of sp³-hybridized carbons (Fsp3) is 0.758. The second-order valence-electron chi connectivity index (χ2n) is 25.8. The Balaban J connectivity index is 4.29. The Hall–Kier alpha value is -6.39. The molecule has 23 heteroatoms. The van der Waals surface area contributed by atoms with Gasteiger partial charge in [0.05, 0.1) is 12.6 Å². The number of nitrogens with one attached hydrogen (secondary N) is 5. The highest BCUT2D eigenvalue weighted by molar-refractivity contribution is 5.99. The minimum atomic E-state index is -1.64. The molecule has 1 saturated heterocycles. The van der Waals surface area contributed by atoms with Gasteiger partial charge in [-0.3, -0.25) is 52.7 Å². The number of hydrogen-bond donors (Lipinski definition) is 6. The van der Waals surface area contributed by atoms with Crippen LogP contribution in [-0.2, 0) is 52.7 Å². The van der Waals surface area contributed by atoms with Crippen LogP contribution in [0, 0.1) is 41.4 Å². The molecule has 6 N–H and O–H groups in total. The summed E-state index contributed by atoms with van der Waals surface area (Å²) in [7, 11) is 8.43. The summed E-state index contributed by atoms with van der Waals surface area (Å²) in [4.78, 5) is 166. The third-order valence-corrected chi connectivity index (χ3v) is 15.6. The second kappa shape index (κ2) is 35.3. The molecule has 0 bridgehead atoms. The van der Waals surface area contributed by atoms with Crippen LogP contribution in [-0.4, -0.2) is 215 Å². The van der Waals surface area contributed by atoms with Crippen LogP contribution in [0.15, 0.2) is 24.8 Å². The average Bonchev–Trinajstić information content (AvgIpc) is 2.80. The molecule has 0 spiro atoms. The fourth-order valence-electron chi connectivity index (χ4n) is 10.5. The molecule has 0 saturated carbocycles. The van der Waals surface area contributed by atoms with Gasteiger partial charge in [-0.25, -0.2) is 0 Å². The zero-order valence-corrected chi connectivity index (χ0v) is 55.4. The lowest BCUT2D eigenvalue weighted by Crippen LogP contribution is -2.63. The van der Waals surface area contributed by atoms with Gasteiger partial charge in [-0.1, -0.05) is 122 Å². The molecule has 0 aromatic heterocycles. The van der Waals surface area contributed by atoms with Crippen molar-refractivity contribution in [3.8, 4) is 0 Å². The van der Waals surface area contributed by atoms with E-state index in [9.17, 15) is 48.3 Å². The number of allylic oxidation sites excluding steroid dienone is 3. The van der Waals surface area contributed by atoms with Gasteiger partial charge >= 0.3 is 0 Å². The monoisotopic (exact) mass is 1200 g/mol. The summed E-state index contributed by atoms with van der Waals surface area (Å²) in [6.07, 6.45) is 4.26. The molecule has 1 fully saturated rings. The largest absolute Gasteiger partial charge is 0.390 e. The van der Waals surface area contributed by atoms with E-state index in [2.05, 4.69) is 33.2 Å². The number of hydrogen-bond acceptors (Lipinski definition) is 12. The summed E-state index contributed by atoms with van der Waals surface area (Å²) in [6, 6.07) is -12.5. The van der Waals surface area contributed by atoms with E-state index in [1.165, 1.54) is 75.7 Å². The van der Waals surface area contributed by atoms with Crippen molar-refractivity contribution in [3.63, 3.8) is 0 Å². The highest BCUT2D eigenvalue weighted by Crippen LogP contribution is 2.25. The van der Waals surface area contributed by atoms with Gasteiger partial charge in [0.1, 0.15) is 60.4 Å². The van der Waals surface area contributed by atoms with Crippen molar-refractivity contribution < 1.29 is 57.8 Å². The number of carbonyl (C=O) groups excluding carboxylic acids is 11. The molecule has 0 unspecified atom stereocenters. The molecule has 12 atom stereocenters. The Bertz CT molecular complexity index is 2340. The molecule has 0 aliphatic carbocycles. The van der Waals surface area contributed by atoms with E-state index in [-0.39, 0.29) is 62.2 Å². The van der Waals surface area contributed by atoms with Crippen molar-refractivity contribution in [2.45, 2.75) is 216 Å². The van der Waals surface area contributed by atoms with E-state index < -0.39 is 156 Å². The third kappa shape index (κ3) is 22.4. The molecule has 0 radical (unpaired) electrons. The maximum Gasteiger partial charge on any atom is 0.246 e. The number of carbonyl (C=O) groups is 11. The maximum atomic E-state index is 15.1. The van der Waals surface area contributed by atoms with Crippen LogP contribution >= 0.6 is 0 Å². The molecule has 1 rings (SSSR count). The molecule has 1 heterocycles. The van der Waals surface area contributed by atoms with Crippen LogP contribution in [0.25, 0.3) is 0 Å². The molecular formula is C62H109N11O12. The number of aliphatic hydroxyl groups excluding tert-OH is 1. The van der Waals surface area contributed by atoms with Crippen LogP contribution in [0.5, 0.6) is 0 Å². The number of aliphatic hydroxyl groups is 1. The molecular weight excluding hydrogens is 1090 g/mol. The Labute approximate surface area is 507 Å². The minimum absolute atomic E-state index is 0.0101. The number of nitrogens with zero attached hydrogens (tertiary/aromatic N) is 6. The zero-order chi connectivity index (χ0) is 65.8. The standard InChI is InChI=1S/C62H109N11O12/c1-24-26-27-28-40(15)52(75)51-56(79)66-43(25-2)58(81)68(18)33-48(74)65-44(29-34(3)4)54(77)67-49(38(11)12)61(84)69(19)45(30-35(5)6)55(78)63-41(16)53(76)64-42(17)57(80)70(20)46(31-36(7)8)59(82)71(21)47(32-37(9)10)60(83)72(22)50(39(13)14)62(85)73(51)23/h24,26-27,34-47,49-52,75H,1,25,28-33H2,2-23H3,(H,63,78)(H,64,76)(H,65,74)(H,66,79)(H,67,77)/b27-26+/t40-,41+,42+,43+,44+,45+,46+,47+,49+,50+,51+,52-/m1/s1. The summed E-state index contributed by atoms with van der Waals surface area (Å²) < 4.78 is 0. The van der Waals surface area contributed by atoms with Gasteiger partial charge in [0.2, 0.25) is 65.0 Å². The van der Waals surface area contributed by atoms with Crippen LogP contribution in [0.2, 0.25) is 0 Å². The van der Waals surface area contributed by atoms with E-state index >= 15 is 9.59 Å².